The zero-order chi connectivity index (χ0) is 26.9. The molecule has 0 spiro atoms. The molecule has 0 atom stereocenters. The van der Waals surface area contributed by atoms with Gasteiger partial charge >= 0.3 is 0 Å². The fourth-order valence-corrected chi connectivity index (χ4v) is 8.62. The third-order valence-corrected chi connectivity index (χ3v) is 10.3. The third kappa shape index (κ3) is 3.45. The maximum atomic E-state index is 5.33. The molecular weight excluding hydrogens is 537 g/mol. The fraction of sp³-hybridized carbons (Fsp3) is 0. The second kappa shape index (κ2) is 8.87. The highest BCUT2D eigenvalue weighted by Gasteiger charge is 2.20. The standard InChI is InChI=1S/C37H22N2S2/c1-2-10-23(11-3-1)24-18-20-25(21-19-24)29-22-30-36(34-28-14-6-9-17-33(28)40-35(29)34)41-37(38-30)39-31-15-7-4-12-26(31)27-13-5-8-16-32(27)39/h1-22H. The van der Waals surface area contributed by atoms with Gasteiger partial charge in [-0.25, -0.2) is 4.98 Å². The van der Waals surface area contributed by atoms with Gasteiger partial charge in [0.2, 0.25) is 0 Å². The SMILES string of the molecule is c1ccc(-c2ccc(-c3cc4nc(-n5c6ccccc6c6ccccc65)sc4c4c3sc3ccccc34)cc2)cc1. The van der Waals surface area contributed by atoms with Crippen LogP contribution in [0.2, 0.25) is 0 Å². The molecule has 0 amide bonds. The molecule has 0 bridgehead atoms. The predicted octanol–water partition coefficient (Wildman–Crippen LogP) is 11.1. The molecule has 0 aliphatic rings. The van der Waals surface area contributed by atoms with Crippen LogP contribution in [0.15, 0.2) is 133 Å². The molecule has 3 aromatic heterocycles. The molecule has 0 radical (unpaired) electrons. The first-order chi connectivity index (χ1) is 20.3. The number of rotatable bonds is 3. The number of hydrogen-bond acceptors (Lipinski definition) is 3. The van der Waals surface area contributed by atoms with E-state index in [1.807, 2.05) is 11.3 Å². The van der Waals surface area contributed by atoms with E-state index in [0.717, 1.165) is 10.6 Å². The van der Waals surface area contributed by atoms with Gasteiger partial charge in [0.25, 0.3) is 0 Å². The van der Waals surface area contributed by atoms with Gasteiger partial charge in [-0.05, 0) is 41.0 Å². The predicted molar refractivity (Wildman–Crippen MR) is 178 cm³/mol. The molecule has 0 fully saturated rings. The highest BCUT2D eigenvalue weighted by atomic mass is 32.1. The largest absolute Gasteiger partial charge is 0.285 e. The first-order valence-corrected chi connectivity index (χ1v) is 15.4. The maximum absolute atomic E-state index is 5.33. The Morgan fingerprint density at radius 3 is 1.80 bits per heavy atom. The maximum Gasteiger partial charge on any atom is 0.195 e. The van der Waals surface area contributed by atoms with Crippen molar-refractivity contribution in [1.82, 2.24) is 9.55 Å². The van der Waals surface area contributed by atoms with E-state index < -0.39 is 0 Å². The summed E-state index contributed by atoms with van der Waals surface area (Å²) in [5, 5.41) is 6.14. The van der Waals surface area contributed by atoms with Crippen molar-refractivity contribution in [2.75, 3.05) is 0 Å². The van der Waals surface area contributed by atoms with Crippen LogP contribution in [0.3, 0.4) is 0 Å². The molecule has 3 heterocycles. The van der Waals surface area contributed by atoms with Crippen molar-refractivity contribution in [1.29, 1.82) is 0 Å². The van der Waals surface area contributed by atoms with Gasteiger partial charge < -0.3 is 0 Å². The lowest BCUT2D eigenvalue weighted by Gasteiger charge is -2.07. The summed E-state index contributed by atoms with van der Waals surface area (Å²) in [5.41, 5.74) is 8.35. The molecule has 0 aliphatic carbocycles. The van der Waals surface area contributed by atoms with Crippen LogP contribution in [0, 0.1) is 0 Å². The van der Waals surface area contributed by atoms with Crippen LogP contribution < -0.4 is 0 Å². The van der Waals surface area contributed by atoms with E-state index in [4.69, 9.17) is 4.98 Å². The van der Waals surface area contributed by atoms with E-state index in [2.05, 4.69) is 138 Å². The Kier molecular flexibility index (Phi) is 4.97. The highest BCUT2D eigenvalue weighted by molar-refractivity contribution is 7.28. The van der Waals surface area contributed by atoms with Gasteiger partial charge in [-0.3, -0.25) is 4.57 Å². The number of aromatic nitrogens is 2. The molecule has 0 saturated heterocycles. The van der Waals surface area contributed by atoms with Gasteiger partial charge in [-0.2, -0.15) is 0 Å². The minimum absolute atomic E-state index is 1.01. The minimum atomic E-state index is 1.01. The van der Waals surface area contributed by atoms with Crippen LogP contribution in [-0.2, 0) is 0 Å². The van der Waals surface area contributed by atoms with Crippen molar-refractivity contribution >= 4 is 74.9 Å². The second-order valence-corrected chi connectivity index (χ2v) is 12.4. The van der Waals surface area contributed by atoms with Gasteiger partial charge in [0, 0.05) is 36.5 Å². The van der Waals surface area contributed by atoms with Crippen molar-refractivity contribution in [3.8, 4) is 27.4 Å². The molecule has 41 heavy (non-hydrogen) atoms. The first-order valence-electron chi connectivity index (χ1n) is 13.7. The monoisotopic (exact) mass is 558 g/mol. The summed E-state index contributed by atoms with van der Waals surface area (Å²) >= 11 is 3.68. The smallest absolute Gasteiger partial charge is 0.195 e. The third-order valence-electron chi connectivity index (χ3n) is 8.06. The Balaban J connectivity index is 1.32. The van der Waals surface area contributed by atoms with E-state index in [0.29, 0.717) is 0 Å². The van der Waals surface area contributed by atoms with Gasteiger partial charge in [-0.1, -0.05) is 121 Å². The van der Waals surface area contributed by atoms with E-state index in [-0.39, 0.29) is 0 Å². The topological polar surface area (TPSA) is 17.8 Å². The second-order valence-electron chi connectivity index (χ2n) is 10.4. The number of fused-ring (bicyclic) bond motifs is 8. The average Bonchev–Trinajstić information content (AvgIpc) is 3.72. The Labute approximate surface area is 244 Å². The molecule has 192 valence electrons. The van der Waals surface area contributed by atoms with Crippen molar-refractivity contribution in [3.05, 3.63) is 133 Å². The summed E-state index contributed by atoms with van der Waals surface area (Å²) in [5.74, 6) is 0. The summed E-state index contributed by atoms with van der Waals surface area (Å²) in [6.45, 7) is 0. The van der Waals surface area contributed by atoms with Crippen LogP contribution in [-0.4, -0.2) is 9.55 Å². The molecule has 4 heteroatoms. The van der Waals surface area contributed by atoms with Gasteiger partial charge in [0.15, 0.2) is 5.13 Å². The Morgan fingerprint density at radius 2 is 1.07 bits per heavy atom. The summed E-state index contributed by atoms with van der Waals surface area (Å²) in [6, 6.07) is 48.0. The fourth-order valence-electron chi connectivity index (χ4n) is 6.17. The van der Waals surface area contributed by atoms with E-state index in [1.165, 1.54) is 68.9 Å². The van der Waals surface area contributed by atoms with Crippen LogP contribution in [0.1, 0.15) is 0 Å². The molecule has 6 aromatic carbocycles. The lowest BCUT2D eigenvalue weighted by atomic mass is 9.98. The molecule has 9 rings (SSSR count). The van der Waals surface area contributed by atoms with Gasteiger partial charge in [0.1, 0.15) is 0 Å². The van der Waals surface area contributed by atoms with Crippen LogP contribution in [0.25, 0.3) is 79.6 Å². The van der Waals surface area contributed by atoms with E-state index in [9.17, 15) is 0 Å². The quantitative estimate of drug-likeness (QED) is 0.211. The first kappa shape index (κ1) is 23.0. The summed E-state index contributed by atoms with van der Waals surface area (Å²) in [6.07, 6.45) is 0. The summed E-state index contributed by atoms with van der Waals surface area (Å²) in [4.78, 5) is 5.33. The van der Waals surface area contributed by atoms with Crippen molar-refractivity contribution < 1.29 is 0 Å². The lowest BCUT2D eigenvalue weighted by Crippen LogP contribution is -1.92. The summed E-state index contributed by atoms with van der Waals surface area (Å²) in [7, 11) is 0. The number of nitrogens with zero attached hydrogens (tertiary/aromatic N) is 2. The van der Waals surface area contributed by atoms with E-state index >= 15 is 0 Å². The number of thiazole rings is 1. The Hall–Kier alpha value is -4.77. The molecule has 9 aromatic rings. The van der Waals surface area contributed by atoms with E-state index in [1.54, 1.807) is 11.3 Å². The van der Waals surface area contributed by atoms with Crippen molar-refractivity contribution in [2.45, 2.75) is 0 Å². The van der Waals surface area contributed by atoms with Gasteiger partial charge in [0.05, 0.1) is 21.3 Å². The van der Waals surface area contributed by atoms with Crippen LogP contribution in [0.4, 0.5) is 0 Å². The van der Waals surface area contributed by atoms with Crippen molar-refractivity contribution in [3.63, 3.8) is 0 Å². The zero-order valence-electron chi connectivity index (χ0n) is 21.9. The zero-order valence-corrected chi connectivity index (χ0v) is 23.5. The average molecular weight is 559 g/mol. The Morgan fingerprint density at radius 1 is 0.488 bits per heavy atom. The Bertz CT molecular complexity index is 2350. The molecular formula is C37H22N2S2. The van der Waals surface area contributed by atoms with Crippen LogP contribution in [0.5, 0.6) is 0 Å². The van der Waals surface area contributed by atoms with Crippen molar-refractivity contribution in [2.24, 2.45) is 0 Å². The molecule has 0 saturated carbocycles. The van der Waals surface area contributed by atoms with Crippen LogP contribution >= 0.6 is 22.7 Å². The normalized spacial score (nSPS) is 11.9. The lowest BCUT2D eigenvalue weighted by molar-refractivity contribution is 1.15. The molecule has 0 N–H and O–H groups in total. The highest BCUT2D eigenvalue weighted by Crippen LogP contribution is 2.47. The number of benzene rings is 6. The molecule has 2 nitrogen and oxygen atoms in total. The number of thiophene rings is 1. The minimum Gasteiger partial charge on any atom is -0.285 e. The number of para-hydroxylation sites is 2. The van der Waals surface area contributed by atoms with Gasteiger partial charge in [-0.15, -0.1) is 11.3 Å². The molecule has 0 unspecified atom stereocenters. The number of hydrogen-bond donors (Lipinski definition) is 0. The molecule has 0 aliphatic heterocycles. The summed E-state index contributed by atoms with van der Waals surface area (Å²) < 4.78 is 6.22.